The van der Waals surface area contributed by atoms with Gasteiger partial charge < -0.3 is 5.11 Å². The van der Waals surface area contributed by atoms with Crippen LogP contribution >= 0.6 is 0 Å². The molecule has 1 aromatic heterocycles. The predicted octanol–water partition coefficient (Wildman–Crippen LogP) is 3.91. The number of aliphatic hydroxyl groups is 1. The van der Waals surface area contributed by atoms with E-state index in [1.807, 2.05) is 0 Å². The van der Waals surface area contributed by atoms with Crippen molar-refractivity contribution in [1.82, 2.24) is 4.98 Å². The van der Waals surface area contributed by atoms with Crippen LogP contribution in [0.2, 0.25) is 0 Å². The van der Waals surface area contributed by atoms with Crippen molar-refractivity contribution in [1.29, 1.82) is 0 Å². The summed E-state index contributed by atoms with van der Waals surface area (Å²) in [6, 6.07) is 6.08. The van der Waals surface area contributed by atoms with Crippen LogP contribution in [0.15, 0.2) is 42.7 Å². The summed E-state index contributed by atoms with van der Waals surface area (Å²) >= 11 is 0. The Labute approximate surface area is 119 Å². The van der Waals surface area contributed by atoms with Crippen molar-refractivity contribution in [3.05, 3.63) is 65.2 Å². The Morgan fingerprint density at radius 3 is 2.38 bits per heavy atom. The fraction of sp³-hybridized carbons (Fsp3) is 0.267. The number of nitrogens with zero attached hydrogens (tertiary/aromatic N) is 1. The summed E-state index contributed by atoms with van der Waals surface area (Å²) in [4.78, 5) is 3.85. The fourth-order valence-electron chi connectivity index (χ4n) is 1.99. The van der Waals surface area contributed by atoms with Gasteiger partial charge in [0.25, 0.3) is 0 Å². The van der Waals surface area contributed by atoms with Gasteiger partial charge in [0.1, 0.15) is 5.82 Å². The molecular formula is C15H13F4NO. The smallest absolute Gasteiger partial charge is 0.388 e. The number of aromatic nitrogens is 1. The molecule has 2 aromatic rings. The molecule has 0 saturated heterocycles. The van der Waals surface area contributed by atoms with Crippen molar-refractivity contribution >= 4 is 0 Å². The van der Waals surface area contributed by atoms with Crippen LogP contribution in [0, 0.1) is 5.82 Å². The Balaban J connectivity index is 2.11. The summed E-state index contributed by atoms with van der Waals surface area (Å²) < 4.78 is 51.0. The van der Waals surface area contributed by atoms with Crippen molar-refractivity contribution in [2.75, 3.05) is 0 Å². The zero-order valence-electron chi connectivity index (χ0n) is 10.9. The van der Waals surface area contributed by atoms with Gasteiger partial charge in [-0.15, -0.1) is 0 Å². The first-order valence-corrected chi connectivity index (χ1v) is 6.31. The molecule has 1 heterocycles. The monoisotopic (exact) mass is 299 g/mol. The van der Waals surface area contributed by atoms with Crippen molar-refractivity contribution in [2.45, 2.75) is 25.1 Å². The van der Waals surface area contributed by atoms with Gasteiger partial charge in [-0.2, -0.15) is 13.2 Å². The van der Waals surface area contributed by atoms with E-state index >= 15 is 0 Å². The number of benzene rings is 1. The van der Waals surface area contributed by atoms with Gasteiger partial charge in [0.15, 0.2) is 0 Å². The number of hydrogen-bond donors (Lipinski definition) is 1. The highest BCUT2D eigenvalue weighted by Crippen LogP contribution is 2.33. The normalized spacial score (nSPS) is 13.2. The van der Waals surface area contributed by atoms with Gasteiger partial charge in [-0.3, -0.25) is 4.98 Å². The lowest BCUT2D eigenvalue weighted by molar-refractivity contribution is -0.140. The molecule has 1 aromatic carbocycles. The van der Waals surface area contributed by atoms with Crippen LogP contribution in [0.4, 0.5) is 17.6 Å². The Morgan fingerprint density at radius 1 is 1.10 bits per heavy atom. The topological polar surface area (TPSA) is 33.1 Å². The first-order valence-electron chi connectivity index (χ1n) is 6.31. The summed E-state index contributed by atoms with van der Waals surface area (Å²) in [5.74, 6) is -1.34. The van der Waals surface area contributed by atoms with E-state index in [1.54, 1.807) is 24.5 Å². The molecule has 0 bridgehead atoms. The average molecular weight is 299 g/mol. The second kappa shape index (κ2) is 6.22. The van der Waals surface area contributed by atoms with Gasteiger partial charge in [0.2, 0.25) is 0 Å². The van der Waals surface area contributed by atoms with E-state index in [4.69, 9.17) is 0 Å². The van der Waals surface area contributed by atoms with E-state index in [9.17, 15) is 22.7 Å². The molecule has 0 aliphatic heterocycles. The number of alkyl halides is 3. The van der Waals surface area contributed by atoms with E-state index in [-0.39, 0.29) is 12.0 Å². The maximum Gasteiger partial charge on any atom is 0.419 e. The van der Waals surface area contributed by atoms with E-state index in [2.05, 4.69) is 4.98 Å². The van der Waals surface area contributed by atoms with Crippen molar-refractivity contribution in [3.63, 3.8) is 0 Å². The van der Waals surface area contributed by atoms with Crippen LogP contribution < -0.4 is 0 Å². The molecule has 0 spiro atoms. The molecule has 2 rings (SSSR count). The molecule has 112 valence electrons. The quantitative estimate of drug-likeness (QED) is 0.868. The zero-order chi connectivity index (χ0) is 15.5. The van der Waals surface area contributed by atoms with Crippen LogP contribution in [0.1, 0.15) is 29.2 Å². The lowest BCUT2D eigenvalue weighted by Gasteiger charge is -2.14. The van der Waals surface area contributed by atoms with Crippen molar-refractivity contribution < 1.29 is 22.7 Å². The zero-order valence-corrected chi connectivity index (χ0v) is 10.9. The summed E-state index contributed by atoms with van der Waals surface area (Å²) in [5.41, 5.74) is -0.386. The maximum atomic E-state index is 13.2. The average Bonchev–Trinajstić information content (AvgIpc) is 2.45. The molecule has 21 heavy (non-hydrogen) atoms. The summed E-state index contributed by atoms with van der Waals surface area (Å²) in [5, 5.41) is 9.96. The molecular weight excluding hydrogens is 286 g/mol. The molecule has 0 amide bonds. The minimum absolute atomic E-state index is 0.0535. The lowest BCUT2D eigenvalue weighted by Crippen LogP contribution is -2.10. The number of pyridine rings is 1. The van der Waals surface area contributed by atoms with Gasteiger partial charge >= 0.3 is 6.18 Å². The first kappa shape index (κ1) is 15.4. The summed E-state index contributed by atoms with van der Waals surface area (Å²) in [6.45, 7) is 0. The minimum Gasteiger partial charge on any atom is -0.388 e. The van der Waals surface area contributed by atoms with Gasteiger partial charge in [-0.05, 0) is 48.2 Å². The Kier molecular flexibility index (Phi) is 4.57. The fourth-order valence-corrected chi connectivity index (χ4v) is 1.99. The van der Waals surface area contributed by atoms with Crippen LogP contribution in [0.25, 0.3) is 0 Å². The second-order valence-electron chi connectivity index (χ2n) is 4.65. The Morgan fingerprint density at radius 2 is 1.76 bits per heavy atom. The maximum absolute atomic E-state index is 13.2. The van der Waals surface area contributed by atoms with Crippen LogP contribution in [0.5, 0.6) is 0 Å². The standard InChI is InChI=1S/C15H13F4NO/c16-13-3-2-11(9-12(13)15(17,18)19)14(21)4-1-10-5-7-20-8-6-10/h2-3,5-9,14,21H,1,4H2. The van der Waals surface area contributed by atoms with Gasteiger partial charge in [0.05, 0.1) is 11.7 Å². The lowest BCUT2D eigenvalue weighted by atomic mass is 10.00. The largest absolute Gasteiger partial charge is 0.419 e. The van der Waals surface area contributed by atoms with Crippen LogP contribution in [-0.4, -0.2) is 10.1 Å². The van der Waals surface area contributed by atoms with E-state index in [0.29, 0.717) is 12.5 Å². The molecule has 0 fully saturated rings. The summed E-state index contributed by atoms with van der Waals surface area (Å²) in [7, 11) is 0. The third kappa shape index (κ3) is 4.01. The van der Waals surface area contributed by atoms with Crippen LogP contribution in [0.3, 0.4) is 0 Å². The summed E-state index contributed by atoms with van der Waals surface area (Å²) in [6.07, 6.45) is -1.93. The highest BCUT2D eigenvalue weighted by Gasteiger charge is 2.34. The predicted molar refractivity (Wildman–Crippen MR) is 68.9 cm³/mol. The molecule has 6 heteroatoms. The van der Waals surface area contributed by atoms with E-state index < -0.39 is 23.7 Å². The second-order valence-corrected chi connectivity index (χ2v) is 4.65. The van der Waals surface area contributed by atoms with Gasteiger partial charge in [0, 0.05) is 12.4 Å². The van der Waals surface area contributed by atoms with Crippen molar-refractivity contribution in [3.8, 4) is 0 Å². The number of hydrogen-bond acceptors (Lipinski definition) is 2. The van der Waals surface area contributed by atoms with E-state index in [0.717, 1.165) is 11.6 Å². The number of rotatable bonds is 4. The minimum atomic E-state index is -4.77. The number of halogens is 4. The highest BCUT2D eigenvalue weighted by atomic mass is 19.4. The molecule has 0 saturated carbocycles. The highest BCUT2D eigenvalue weighted by molar-refractivity contribution is 5.29. The molecule has 1 unspecified atom stereocenters. The molecule has 1 N–H and O–H groups in total. The number of aliphatic hydroxyl groups excluding tert-OH is 1. The van der Waals surface area contributed by atoms with E-state index in [1.165, 1.54) is 6.07 Å². The third-order valence-electron chi connectivity index (χ3n) is 3.14. The molecule has 0 aliphatic carbocycles. The Bertz CT molecular complexity index is 598. The third-order valence-corrected chi connectivity index (χ3v) is 3.14. The Hall–Kier alpha value is -1.95. The van der Waals surface area contributed by atoms with Crippen LogP contribution in [-0.2, 0) is 12.6 Å². The molecule has 0 radical (unpaired) electrons. The molecule has 1 atom stereocenters. The first-order chi connectivity index (χ1) is 9.88. The van der Waals surface area contributed by atoms with Gasteiger partial charge in [-0.1, -0.05) is 6.07 Å². The molecule has 2 nitrogen and oxygen atoms in total. The number of aryl methyl sites for hydroxylation is 1. The van der Waals surface area contributed by atoms with Gasteiger partial charge in [-0.25, -0.2) is 4.39 Å². The molecule has 0 aliphatic rings. The SMILES string of the molecule is OC(CCc1ccncc1)c1ccc(F)c(C(F)(F)F)c1. The van der Waals surface area contributed by atoms with Crippen molar-refractivity contribution in [2.24, 2.45) is 0 Å².